The zero-order valence-electron chi connectivity index (χ0n) is 16.6. The van der Waals surface area contributed by atoms with Crippen molar-refractivity contribution >= 4 is 11.8 Å². The summed E-state index contributed by atoms with van der Waals surface area (Å²) in [5, 5.41) is 12.2. The first-order valence-corrected chi connectivity index (χ1v) is 10.2. The number of aliphatic hydroxyl groups is 1. The Labute approximate surface area is 166 Å². The van der Waals surface area contributed by atoms with Gasteiger partial charge in [-0.3, -0.25) is 14.5 Å². The fourth-order valence-corrected chi connectivity index (χ4v) is 3.98. The molecule has 2 N–H and O–H groups in total. The average Bonchev–Trinajstić information content (AvgIpc) is 2.72. The molecule has 2 heterocycles. The summed E-state index contributed by atoms with van der Waals surface area (Å²) in [6, 6.07) is 7.39. The van der Waals surface area contributed by atoms with E-state index in [1.807, 2.05) is 36.1 Å². The summed E-state index contributed by atoms with van der Waals surface area (Å²) >= 11 is 0. The molecule has 0 aliphatic carbocycles. The fourth-order valence-electron chi connectivity index (χ4n) is 3.98. The number of rotatable bonds is 7. The Morgan fingerprint density at radius 2 is 2.00 bits per heavy atom. The van der Waals surface area contributed by atoms with Gasteiger partial charge in [0.05, 0.1) is 19.1 Å². The van der Waals surface area contributed by atoms with E-state index < -0.39 is 6.04 Å². The molecule has 154 valence electrons. The highest BCUT2D eigenvalue weighted by Gasteiger charge is 2.34. The van der Waals surface area contributed by atoms with Crippen LogP contribution in [0.3, 0.4) is 0 Å². The van der Waals surface area contributed by atoms with Crippen molar-refractivity contribution in [2.45, 2.75) is 38.8 Å². The molecule has 2 saturated heterocycles. The molecule has 1 atom stereocenters. The standard InChI is InChI=1S/C21H31N3O4/c1-2-28-19-6-4-3-5-17(19)14-24-12-9-22-21(27)18(24)13-20(26)23-10-7-16(15-25)8-11-23/h3-6,16,18,25H,2,7-15H2,1H3,(H,22,27). The molecule has 1 aromatic rings. The van der Waals surface area contributed by atoms with E-state index in [0.717, 1.165) is 24.2 Å². The van der Waals surface area contributed by atoms with Gasteiger partial charge in [0.15, 0.2) is 0 Å². The number of aliphatic hydroxyl groups excluding tert-OH is 1. The number of piperidine rings is 1. The third-order valence-corrected chi connectivity index (χ3v) is 5.68. The van der Waals surface area contributed by atoms with E-state index >= 15 is 0 Å². The summed E-state index contributed by atoms with van der Waals surface area (Å²) in [6.45, 7) is 5.90. The lowest BCUT2D eigenvalue weighted by Crippen LogP contribution is -2.56. The van der Waals surface area contributed by atoms with E-state index in [9.17, 15) is 14.7 Å². The van der Waals surface area contributed by atoms with Crippen LogP contribution in [0, 0.1) is 5.92 Å². The molecule has 7 nitrogen and oxygen atoms in total. The van der Waals surface area contributed by atoms with Crippen LogP contribution >= 0.6 is 0 Å². The lowest BCUT2D eigenvalue weighted by atomic mass is 9.97. The quantitative estimate of drug-likeness (QED) is 0.727. The second-order valence-corrected chi connectivity index (χ2v) is 7.53. The van der Waals surface area contributed by atoms with E-state index in [0.29, 0.717) is 39.3 Å². The van der Waals surface area contributed by atoms with Crippen molar-refractivity contribution in [1.29, 1.82) is 0 Å². The van der Waals surface area contributed by atoms with Crippen LogP contribution in [0.5, 0.6) is 5.75 Å². The first-order valence-electron chi connectivity index (χ1n) is 10.2. The number of carbonyl (C=O) groups is 2. The number of ether oxygens (including phenoxy) is 1. The van der Waals surface area contributed by atoms with Crippen molar-refractivity contribution in [2.75, 3.05) is 39.4 Å². The smallest absolute Gasteiger partial charge is 0.237 e. The van der Waals surface area contributed by atoms with Crippen LogP contribution in [-0.4, -0.2) is 72.2 Å². The predicted octanol–water partition coefficient (Wildman–Crippen LogP) is 1.01. The van der Waals surface area contributed by atoms with Crippen molar-refractivity contribution in [1.82, 2.24) is 15.1 Å². The number of carbonyl (C=O) groups excluding carboxylic acids is 2. The average molecular weight is 389 g/mol. The molecule has 1 aromatic carbocycles. The van der Waals surface area contributed by atoms with Crippen molar-refractivity contribution in [2.24, 2.45) is 5.92 Å². The van der Waals surface area contributed by atoms with Crippen LogP contribution in [-0.2, 0) is 16.1 Å². The van der Waals surface area contributed by atoms with Crippen LogP contribution in [0.2, 0.25) is 0 Å². The minimum Gasteiger partial charge on any atom is -0.494 e. The lowest BCUT2D eigenvalue weighted by molar-refractivity contribution is -0.140. The Balaban J connectivity index is 1.66. The van der Waals surface area contributed by atoms with Gasteiger partial charge in [0.2, 0.25) is 11.8 Å². The summed E-state index contributed by atoms with van der Waals surface area (Å²) in [4.78, 5) is 29.3. The summed E-state index contributed by atoms with van der Waals surface area (Å²) in [7, 11) is 0. The highest BCUT2D eigenvalue weighted by Crippen LogP contribution is 2.23. The number of para-hydroxylation sites is 1. The van der Waals surface area contributed by atoms with E-state index in [2.05, 4.69) is 10.2 Å². The van der Waals surface area contributed by atoms with Gasteiger partial charge in [0.1, 0.15) is 5.75 Å². The number of likely N-dealkylation sites (tertiary alicyclic amines) is 1. The van der Waals surface area contributed by atoms with E-state index in [1.54, 1.807) is 0 Å². The van der Waals surface area contributed by atoms with Crippen molar-refractivity contribution < 1.29 is 19.4 Å². The molecular formula is C21H31N3O4. The first-order chi connectivity index (χ1) is 13.6. The van der Waals surface area contributed by atoms with Gasteiger partial charge in [0.25, 0.3) is 0 Å². The molecule has 0 spiro atoms. The van der Waals surface area contributed by atoms with Crippen molar-refractivity contribution in [3.63, 3.8) is 0 Å². The van der Waals surface area contributed by atoms with Gasteiger partial charge < -0.3 is 20.1 Å². The van der Waals surface area contributed by atoms with Gasteiger partial charge in [-0.05, 0) is 31.7 Å². The number of nitrogens with zero attached hydrogens (tertiary/aromatic N) is 2. The minimum absolute atomic E-state index is 0.0153. The Hall–Kier alpha value is -2.12. The summed E-state index contributed by atoms with van der Waals surface area (Å²) in [6.07, 6.45) is 1.83. The molecule has 7 heteroatoms. The SMILES string of the molecule is CCOc1ccccc1CN1CCNC(=O)C1CC(=O)N1CCC(CO)CC1. The van der Waals surface area contributed by atoms with Crippen LogP contribution in [0.15, 0.2) is 24.3 Å². The normalized spacial score (nSPS) is 21.4. The molecule has 0 aromatic heterocycles. The second-order valence-electron chi connectivity index (χ2n) is 7.53. The largest absolute Gasteiger partial charge is 0.494 e. The minimum atomic E-state index is -0.466. The monoisotopic (exact) mass is 389 g/mol. The molecule has 2 aliphatic rings. The second kappa shape index (κ2) is 9.89. The molecule has 2 fully saturated rings. The van der Waals surface area contributed by atoms with E-state index in [4.69, 9.17) is 4.74 Å². The molecule has 0 saturated carbocycles. The molecule has 1 unspecified atom stereocenters. The molecule has 0 bridgehead atoms. The highest BCUT2D eigenvalue weighted by atomic mass is 16.5. The lowest BCUT2D eigenvalue weighted by Gasteiger charge is -2.37. The highest BCUT2D eigenvalue weighted by molar-refractivity contribution is 5.88. The summed E-state index contributed by atoms with van der Waals surface area (Å²) in [5.74, 6) is 1.04. The predicted molar refractivity (Wildman–Crippen MR) is 106 cm³/mol. The molecule has 0 radical (unpaired) electrons. The number of hydrogen-bond donors (Lipinski definition) is 2. The van der Waals surface area contributed by atoms with Crippen molar-refractivity contribution in [3.8, 4) is 5.75 Å². The number of nitrogens with one attached hydrogen (secondary N) is 1. The van der Waals surface area contributed by atoms with Crippen LogP contribution < -0.4 is 10.1 Å². The van der Waals surface area contributed by atoms with Gasteiger partial charge in [-0.1, -0.05) is 18.2 Å². The first kappa shape index (κ1) is 20.6. The van der Waals surface area contributed by atoms with E-state index in [1.165, 1.54) is 0 Å². The Kier molecular flexibility index (Phi) is 7.28. The number of piperazine rings is 1. The number of hydrogen-bond acceptors (Lipinski definition) is 5. The van der Waals surface area contributed by atoms with E-state index in [-0.39, 0.29) is 30.8 Å². The van der Waals surface area contributed by atoms with Crippen LogP contribution in [0.1, 0.15) is 31.7 Å². The zero-order chi connectivity index (χ0) is 19.9. The Morgan fingerprint density at radius 1 is 1.25 bits per heavy atom. The van der Waals surface area contributed by atoms with Crippen LogP contribution in [0.25, 0.3) is 0 Å². The van der Waals surface area contributed by atoms with Gasteiger partial charge in [-0.25, -0.2) is 0 Å². The van der Waals surface area contributed by atoms with Gasteiger partial charge >= 0.3 is 0 Å². The molecule has 2 amide bonds. The number of amides is 2. The number of benzene rings is 1. The van der Waals surface area contributed by atoms with Crippen LogP contribution in [0.4, 0.5) is 0 Å². The maximum atomic E-state index is 12.8. The molecule has 28 heavy (non-hydrogen) atoms. The topological polar surface area (TPSA) is 82.1 Å². The third-order valence-electron chi connectivity index (χ3n) is 5.68. The Bertz CT molecular complexity index is 673. The third kappa shape index (κ3) is 5.02. The van der Waals surface area contributed by atoms with Gasteiger partial charge in [0, 0.05) is 44.9 Å². The molecule has 2 aliphatic heterocycles. The summed E-state index contributed by atoms with van der Waals surface area (Å²) in [5.41, 5.74) is 1.03. The zero-order valence-corrected chi connectivity index (χ0v) is 16.6. The maximum Gasteiger partial charge on any atom is 0.237 e. The maximum absolute atomic E-state index is 12.8. The van der Waals surface area contributed by atoms with Gasteiger partial charge in [-0.15, -0.1) is 0 Å². The fraction of sp³-hybridized carbons (Fsp3) is 0.619. The molecule has 3 rings (SSSR count). The Morgan fingerprint density at radius 3 is 2.71 bits per heavy atom. The van der Waals surface area contributed by atoms with Gasteiger partial charge in [-0.2, -0.15) is 0 Å². The molecular weight excluding hydrogens is 358 g/mol. The summed E-state index contributed by atoms with van der Waals surface area (Å²) < 4.78 is 5.71. The van der Waals surface area contributed by atoms with Crippen molar-refractivity contribution in [3.05, 3.63) is 29.8 Å².